The van der Waals surface area contributed by atoms with E-state index >= 15 is 0 Å². The molecule has 1 heterocycles. The number of carbonyl (C=O) groups is 1. The molecule has 0 unspecified atom stereocenters. The molecule has 1 radical (unpaired) electrons. The topological polar surface area (TPSA) is 116 Å². The molecule has 16 heavy (non-hydrogen) atoms. The number of sulfonamides is 1. The van der Waals surface area contributed by atoms with Crippen LogP contribution in [0.2, 0.25) is 0 Å². The van der Waals surface area contributed by atoms with Crippen molar-refractivity contribution in [2.75, 3.05) is 0 Å². The predicted octanol–water partition coefficient (Wildman–Crippen LogP) is -0.453. The van der Waals surface area contributed by atoms with E-state index in [1.165, 1.54) is 12.3 Å². The third kappa shape index (κ3) is 3.95. The Balaban J connectivity index is 2.72. The molecule has 4 N–H and O–H groups in total. The SMILES string of the molecule is NC(=O)CC[CH]c1ccnc(S(N)(=O)=O)c1. The summed E-state index contributed by atoms with van der Waals surface area (Å²) >= 11 is 0. The fourth-order valence-corrected chi connectivity index (χ4v) is 1.60. The van der Waals surface area contributed by atoms with Crippen molar-refractivity contribution in [3.63, 3.8) is 0 Å². The summed E-state index contributed by atoms with van der Waals surface area (Å²) in [7, 11) is -3.79. The second-order valence-electron chi connectivity index (χ2n) is 3.18. The average molecular weight is 242 g/mol. The standard InChI is InChI=1S/C9H12N3O3S/c10-8(13)3-1-2-7-4-5-12-9(6-7)16(11,14)15/h2,4-6H,1,3H2,(H2,10,13)(H2,11,14,15). The van der Waals surface area contributed by atoms with Crippen LogP contribution in [0.3, 0.4) is 0 Å². The number of aromatic nitrogens is 1. The number of nitrogens with two attached hydrogens (primary N) is 2. The number of primary amides is 1. The van der Waals surface area contributed by atoms with Crippen LogP contribution in [0.4, 0.5) is 0 Å². The first-order valence-electron chi connectivity index (χ1n) is 4.50. The molecule has 0 fully saturated rings. The van der Waals surface area contributed by atoms with Crippen molar-refractivity contribution in [2.45, 2.75) is 17.9 Å². The molecule has 0 saturated heterocycles. The van der Waals surface area contributed by atoms with Gasteiger partial charge in [-0.1, -0.05) is 0 Å². The van der Waals surface area contributed by atoms with Gasteiger partial charge in [0.2, 0.25) is 5.91 Å². The zero-order valence-electron chi connectivity index (χ0n) is 8.46. The van der Waals surface area contributed by atoms with Gasteiger partial charge in [0.05, 0.1) is 0 Å². The largest absolute Gasteiger partial charge is 0.370 e. The Bertz CT molecular complexity index is 485. The molecule has 1 aromatic heterocycles. The first-order chi connectivity index (χ1) is 7.39. The summed E-state index contributed by atoms with van der Waals surface area (Å²) in [5, 5.41) is 4.73. The third-order valence-corrected chi connectivity index (χ3v) is 2.63. The Morgan fingerprint density at radius 1 is 1.50 bits per heavy atom. The molecule has 0 bridgehead atoms. The van der Waals surface area contributed by atoms with Gasteiger partial charge in [-0.25, -0.2) is 18.5 Å². The van der Waals surface area contributed by atoms with Gasteiger partial charge in [-0.15, -0.1) is 0 Å². The summed E-state index contributed by atoms with van der Waals surface area (Å²) in [4.78, 5) is 14.1. The van der Waals surface area contributed by atoms with E-state index < -0.39 is 15.9 Å². The molecule has 0 aliphatic rings. The van der Waals surface area contributed by atoms with Crippen LogP contribution in [-0.4, -0.2) is 19.3 Å². The van der Waals surface area contributed by atoms with Crippen LogP contribution < -0.4 is 10.9 Å². The number of pyridine rings is 1. The maximum absolute atomic E-state index is 11.0. The van der Waals surface area contributed by atoms with E-state index in [9.17, 15) is 13.2 Å². The summed E-state index contributed by atoms with van der Waals surface area (Å²) in [5.74, 6) is -0.406. The smallest absolute Gasteiger partial charge is 0.255 e. The Morgan fingerprint density at radius 3 is 2.75 bits per heavy atom. The highest BCUT2D eigenvalue weighted by Crippen LogP contribution is 2.10. The van der Waals surface area contributed by atoms with Crippen molar-refractivity contribution in [1.82, 2.24) is 4.98 Å². The van der Waals surface area contributed by atoms with E-state index in [4.69, 9.17) is 10.9 Å². The number of hydrogen-bond donors (Lipinski definition) is 2. The number of hydrogen-bond acceptors (Lipinski definition) is 4. The normalized spacial score (nSPS) is 11.3. The molecule has 1 aromatic rings. The quantitative estimate of drug-likeness (QED) is 0.727. The van der Waals surface area contributed by atoms with Gasteiger partial charge in [0.25, 0.3) is 10.0 Å². The number of rotatable bonds is 5. The maximum Gasteiger partial charge on any atom is 0.255 e. The van der Waals surface area contributed by atoms with Crippen molar-refractivity contribution in [3.8, 4) is 0 Å². The van der Waals surface area contributed by atoms with E-state index in [2.05, 4.69) is 4.98 Å². The van der Waals surface area contributed by atoms with Crippen molar-refractivity contribution in [1.29, 1.82) is 0 Å². The number of carbonyl (C=O) groups excluding carboxylic acids is 1. The first-order valence-corrected chi connectivity index (χ1v) is 6.04. The molecule has 0 aliphatic heterocycles. The highest BCUT2D eigenvalue weighted by molar-refractivity contribution is 7.89. The molecule has 87 valence electrons. The first kappa shape index (κ1) is 12.6. The highest BCUT2D eigenvalue weighted by Gasteiger charge is 2.09. The summed E-state index contributed by atoms with van der Waals surface area (Å²) < 4.78 is 22.0. The van der Waals surface area contributed by atoms with Gasteiger partial charge in [-0.2, -0.15) is 0 Å². The van der Waals surface area contributed by atoms with E-state index in [1.807, 2.05) is 0 Å². The van der Waals surface area contributed by atoms with Crippen molar-refractivity contribution in [3.05, 3.63) is 30.3 Å². The van der Waals surface area contributed by atoms with Crippen LogP contribution in [0, 0.1) is 6.42 Å². The van der Waals surface area contributed by atoms with Crippen LogP contribution in [0.1, 0.15) is 18.4 Å². The number of amides is 1. The van der Waals surface area contributed by atoms with Crippen LogP contribution in [0.15, 0.2) is 23.4 Å². The third-order valence-electron chi connectivity index (χ3n) is 1.82. The fraction of sp³-hybridized carbons (Fsp3) is 0.222. The van der Waals surface area contributed by atoms with Crippen molar-refractivity contribution in [2.24, 2.45) is 10.9 Å². The lowest BCUT2D eigenvalue weighted by atomic mass is 10.1. The zero-order valence-corrected chi connectivity index (χ0v) is 9.28. The summed E-state index contributed by atoms with van der Waals surface area (Å²) in [6.45, 7) is 0. The molecule has 0 spiro atoms. The molecule has 6 nitrogen and oxygen atoms in total. The molecule has 0 atom stereocenters. The Kier molecular flexibility index (Phi) is 3.97. The Morgan fingerprint density at radius 2 is 2.19 bits per heavy atom. The lowest BCUT2D eigenvalue weighted by Crippen LogP contribution is -2.14. The van der Waals surface area contributed by atoms with E-state index in [0.29, 0.717) is 12.0 Å². The van der Waals surface area contributed by atoms with Gasteiger partial charge in [0, 0.05) is 12.6 Å². The molecular formula is C9H12N3O3S. The molecule has 7 heteroatoms. The van der Waals surface area contributed by atoms with Crippen molar-refractivity contribution < 1.29 is 13.2 Å². The minimum atomic E-state index is -3.79. The van der Waals surface area contributed by atoms with Gasteiger partial charge < -0.3 is 5.73 Å². The van der Waals surface area contributed by atoms with E-state index in [1.54, 1.807) is 12.5 Å². The molecular weight excluding hydrogens is 230 g/mol. The molecule has 1 amide bonds. The highest BCUT2D eigenvalue weighted by atomic mass is 32.2. The van der Waals surface area contributed by atoms with Gasteiger partial charge in [0.15, 0.2) is 5.03 Å². The monoisotopic (exact) mass is 242 g/mol. The molecule has 0 aromatic carbocycles. The predicted molar refractivity (Wildman–Crippen MR) is 57.4 cm³/mol. The minimum Gasteiger partial charge on any atom is -0.370 e. The lowest BCUT2D eigenvalue weighted by Gasteiger charge is -2.01. The van der Waals surface area contributed by atoms with Crippen molar-refractivity contribution >= 4 is 15.9 Å². The van der Waals surface area contributed by atoms with Crippen LogP contribution in [-0.2, 0) is 14.8 Å². The minimum absolute atomic E-state index is 0.194. The average Bonchev–Trinajstić information content (AvgIpc) is 2.16. The second-order valence-corrected chi connectivity index (χ2v) is 4.69. The lowest BCUT2D eigenvalue weighted by molar-refractivity contribution is -0.117. The Labute approximate surface area is 93.7 Å². The second kappa shape index (κ2) is 5.04. The zero-order chi connectivity index (χ0) is 12.2. The summed E-state index contributed by atoms with van der Waals surface area (Å²) in [6, 6.07) is 2.96. The molecule has 0 saturated carbocycles. The van der Waals surface area contributed by atoms with Crippen LogP contribution in [0.5, 0.6) is 0 Å². The molecule has 0 aliphatic carbocycles. The molecule has 1 rings (SSSR count). The maximum atomic E-state index is 11.0. The summed E-state index contributed by atoms with van der Waals surface area (Å²) in [6.07, 6.45) is 3.70. The van der Waals surface area contributed by atoms with E-state index in [0.717, 1.165) is 0 Å². The number of primary sulfonamides is 1. The van der Waals surface area contributed by atoms with Gasteiger partial charge >= 0.3 is 0 Å². The van der Waals surface area contributed by atoms with Gasteiger partial charge in [-0.05, 0) is 30.5 Å². The van der Waals surface area contributed by atoms with Crippen LogP contribution >= 0.6 is 0 Å². The summed E-state index contributed by atoms with van der Waals surface area (Å²) in [5.41, 5.74) is 5.61. The Hall–Kier alpha value is -1.47. The number of nitrogens with zero attached hydrogens (tertiary/aromatic N) is 1. The van der Waals surface area contributed by atoms with Gasteiger partial charge in [-0.3, -0.25) is 4.79 Å². The van der Waals surface area contributed by atoms with Gasteiger partial charge in [0.1, 0.15) is 0 Å². The van der Waals surface area contributed by atoms with Crippen LogP contribution in [0.25, 0.3) is 0 Å². The van der Waals surface area contributed by atoms with E-state index in [-0.39, 0.29) is 11.4 Å². The fourth-order valence-electron chi connectivity index (χ4n) is 1.09.